The zero-order valence-corrected chi connectivity index (χ0v) is 12.7. The first-order valence-electron chi connectivity index (χ1n) is 6.59. The van der Waals surface area contributed by atoms with E-state index in [2.05, 4.69) is 15.3 Å². The summed E-state index contributed by atoms with van der Waals surface area (Å²) in [7, 11) is 0. The standard InChI is InChI=1S/C14H16N4O2S/c1-3-7-15-13-12(18(19)20)14(17-9-16-13)21-11-6-4-5-10(2)8-11/h4-6,8-9H,3,7H2,1-2H3,(H,15,16,17). The molecule has 0 aliphatic heterocycles. The summed E-state index contributed by atoms with van der Waals surface area (Å²) in [6.45, 7) is 4.60. The van der Waals surface area contributed by atoms with Crippen molar-refractivity contribution in [3.05, 3.63) is 46.3 Å². The number of hydrogen-bond donors (Lipinski definition) is 1. The smallest absolute Gasteiger partial charge is 0.343 e. The second kappa shape index (κ2) is 7.03. The van der Waals surface area contributed by atoms with Crippen LogP contribution >= 0.6 is 11.8 Å². The summed E-state index contributed by atoms with van der Waals surface area (Å²) >= 11 is 1.27. The number of benzene rings is 1. The van der Waals surface area contributed by atoms with Crippen molar-refractivity contribution < 1.29 is 4.92 Å². The Kier molecular flexibility index (Phi) is 5.10. The molecule has 0 saturated heterocycles. The number of rotatable bonds is 6. The topological polar surface area (TPSA) is 81.0 Å². The van der Waals surface area contributed by atoms with Gasteiger partial charge in [-0.15, -0.1) is 0 Å². The van der Waals surface area contributed by atoms with E-state index in [4.69, 9.17) is 0 Å². The van der Waals surface area contributed by atoms with E-state index in [0.717, 1.165) is 16.9 Å². The van der Waals surface area contributed by atoms with Crippen LogP contribution in [-0.4, -0.2) is 21.4 Å². The van der Waals surface area contributed by atoms with Crippen LogP contribution in [0.3, 0.4) is 0 Å². The number of aromatic nitrogens is 2. The molecular weight excluding hydrogens is 288 g/mol. The summed E-state index contributed by atoms with van der Waals surface area (Å²) in [6.07, 6.45) is 2.21. The van der Waals surface area contributed by atoms with E-state index in [0.29, 0.717) is 11.6 Å². The van der Waals surface area contributed by atoms with Gasteiger partial charge in [-0.3, -0.25) is 10.1 Å². The molecule has 0 fully saturated rings. The van der Waals surface area contributed by atoms with E-state index in [-0.39, 0.29) is 11.5 Å². The fourth-order valence-corrected chi connectivity index (χ4v) is 2.75. The lowest BCUT2D eigenvalue weighted by Gasteiger charge is -2.07. The minimum absolute atomic E-state index is 0.0718. The molecule has 1 heterocycles. The Morgan fingerprint density at radius 3 is 2.86 bits per heavy atom. The largest absolute Gasteiger partial charge is 0.364 e. The van der Waals surface area contributed by atoms with E-state index in [9.17, 15) is 10.1 Å². The molecule has 1 N–H and O–H groups in total. The van der Waals surface area contributed by atoms with Gasteiger partial charge in [-0.05, 0) is 25.5 Å². The Bertz CT molecular complexity index is 649. The molecule has 7 heteroatoms. The number of hydrogen-bond acceptors (Lipinski definition) is 6. The van der Waals surface area contributed by atoms with E-state index in [1.165, 1.54) is 18.1 Å². The van der Waals surface area contributed by atoms with Crippen LogP contribution in [0.1, 0.15) is 18.9 Å². The SMILES string of the molecule is CCCNc1ncnc(Sc2cccc(C)c2)c1[N+](=O)[O-]. The van der Waals surface area contributed by atoms with Gasteiger partial charge in [0.05, 0.1) is 4.92 Å². The van der Waals surface area contributed by atoms with Crippen molar-refractivity contribution in [3.8, 4) is 0 Å². The molecule has 1 aromatic carbocycles. The average Bonchev–Trinajstić information content (AvgIpc) is 2.45. The van der Waals surface area contributed by atoms with Crippen LogP contribution < -0.4 is 5.32 Å². The normalized spacial score (nSPS) is 10.4. The monoisotopic (exact) mass is 304 g/mol. The number of nitrogens with zero attached hydrogens (tertiary/aromatic N) is 3. The lowest BCUT2D eigenvalue weighted by Crippen LogP contribution is -2.07. The van der Waals surface area contributed by atoms with Crippen molar-refractivity contribution >= 4 is 23.3 Å². The first kappa shape index (κ1) is 15.2. The fourth-order valence-electron chi connectivity index (χ4n) is 1.77. The second-order valence-corrected chi connectivity index (χ2v) is 5.54. The van der Waals surface area contributed by atoms with Gasteiger partial charge in [-0.1, -0.05) is 36.4 Å². The van der Waals surface area contributed by atoms with E-state index in [1.54, 1.807) is 0 Å². The number of aryl methyl sites for hydroxylation is 1. The summed E-state index contributed by atoms with van der Waals surface area (Å²) in [4.78, 5) is 19.9. The Morgan fingerprint density at radius 1 is 1.38 bits per heavy atom. The van der Waals surface area contributed by atoms with Crippen LogP contribution in [0.2, 0.25) is 0 Å². The molecule has 6 nitrogen and oxygen atoms in total. The molecule has 0 aliphatic rings. The van der Waals surface area contributed by atoms with Crippen LogP contribution in [0.4, 0.5) is 11.5 Å². The lowest BCUT2D eigenvalue weighted by atomic mass is 10.2. The zero-order chi connectivity index (χ0) is 15.2. The maximum atomic E-state index is 11.3. The summed E-state index contributed by atoms with van der Waals surface area (Å²) in [5.74, 6) is 0.270. The molecule has 2 rings (SSSR count). The van der Waals surface area contributed by atoms with Crippen LogP contribution in [0, 0.1) is 17.0 Å². The Balaban J connectivity index is 2.36. The molecular formula is C14H16N4O2S. The van der Waals surface area contributed by atoms with Gasteiger partial charge in [0.25, 0.3) is 0 Å². The number of nitro groups is 1. The third kappa shape index (κ3) is 3.91. The van der Waals surface area contributed by atoms with Crippen LogP contribution in [0.5, 0.6) is 0 Å². The predicted molar refractivity (Wildman–Crippen MR) is 82.8 cm³/mol. The minimum Gasteiger partial charge on any atom is -0.364 e. The summed E-state index contributed by atoms with van der Waals surface area (Å²) in [6, 6.07) is 7.77. The molecule has 0 bridgehead atoms. The van der Waals surface area contributed by atoms with E-state index in [1.807, 2.05) is 38.1 Å². The molecule has 0 atom stereocenters. The molecule has 0 spiro atoms. The predicted octanol–water partition coefficient (Wildman–Crippen LogP) is 3.67. The Hall–Kier alpha value is -2.15. The highest BCUT2D eigenvalue weighted by molar-refractivity contribution is 7.99. The Labute approximate surface area is 127 Å². The molecule has 0 radical (unpaired) electrons. The van der Waals surface area contributed by atoms with Crippen molar-refractivity contribution in [2.75, 3.05) is 11.9 Å². The van der Waals surface area contributed by atoms with Crippen molar-refractivity contribution in [3.63, 3.8) is 0 Å². The van der Waals surface area contributed by atoms with Gasteiger partial charge >= 0.3 is 5.69 Å². The van der Waals surface area contributed by atoms with Crippen molar-refractivity contribution in [1.29, 1.82) is 0 Å². The van der Waals surface area contributed by atoms with Crippen molar-refractivity contribution in [2.24, 2.45) is 0 Å². The number of anilines is 1. The molecule has 110 valence electrons. The fraction of sp³-hybridized carbons (Fsp3) is 0.286. The van der Waals surface area contributed by atoms with E-state index < -0.39 is 4.92 Å². The van der Waals surface area contributed by atoms with Crippen LogP contribution in [0.25, 0.3) is 0 Å². The molecule has 0 unspecified atom stereocenters. The first-order valence-corrected chi connectivity index (χ1v) is 7.41. The Morgan fingerprint density at radius 2 is 2.19 bits per heavy atom. The molecule has 2 aromatic rings. The average molecular weight is 304 g/mol. The highest BCUT2D eigenvalue weighted by Gasteiger charge is 2.23. The molecule has 1 aromatic heterocycles. The highest BCUT2D eigenvalue weighted by Crippen LogP contribution is 2.36. The van der Waals surface area contributed by atoms with Crippen LogP contribution in [-0.2, 0) is 0 Å². The maximum Gasteiger partial charge on any atom is 0.343 e. The molecule has 21 heavy (non-hydrogen) atoms. The van der Waals surface area contributed by atoms with Gasteiger partial charge in [-0.25, -0.2) is 9.97 Å². The van der Waals surface area contributed by atoms with Crippen LogP contribution in [0.15, 0.2) is 40.5 Å². The van der Waals surface area contributed by atoms with Gasteiger partial charge in [-0.2, -0.15) is 0 Å². The van der Waals surface area contributed by atoms with Crippen molar-refractivity contribution in [2.45, 2.75) is 30.2 Å². The van der Waals surface area contributed by atoms with Gasteiger partial charge < -0.3 is 5.32 Å². The van der Waals surface area contributed by atoms with Gasteiger partial charge in [0.1, 0.15) is 6.33 Å². The van der Waals surface area contributed by atoms with Gasteiger partial charge in [0.2, 0.25) is 5.82 Å². The quantitative estimate of drug-likeness (QED) is 0.498. The summed E-state index contributed by atoms with van der Waals surface area (Å²) in [5, 5.41) is 14.7. The maximum absolute atomic E-state index is 11.3. The van der Waals surface area contributed by atoms with Gasteiger partial charge in [0.15, 0.2) is 5.03 Å². The second-order valence-electron chi connectivity index (χ2n) is 4.48. The zero-order valence-electron chi connectivity index (χ0n) is 11.9. The lowest BCUT2D eigenvalue weighted by molar-refractivity contribution is -0.387. The third-order valence-electron chi connectivity index (χ3n) is 2.72. The minimum atomic E-state index is -0.434. The molecule has 0 aliphatic carbocycles. The first-order chi connectivity index (χ1) is 10.1. The van der Waals surface area contributed by atoms with Crippen molar-refractivity contribution in [1.82, 2.24) is 9.97 Å². The highest BCUT2D eigenvalue weighted by atomic mass is 32.2. The van der Waals surface area contributed by atoms with Gasteiger partial charge in [0, 0.05) is 11.4 Å². The summed E-state index contributed by atoms with van der Waals surface area (Å²) in [5.41, 5.74) is 1.03. The molecule has 0 saturated carbocycles. The summed E-state index contributed by atoms with van der Waals surface area (Å²) < 4.78 is 0. The third-order valence-corrected chi connectivity index (χ3v) is 3.70. The molecule has 0 amide bonds. The number of nitrogens with one attached hydrogen (secondary N) is 1. The van der Waals surface area contributed by atoms with E-state index >= 15 is 0 Å².